The average Bonchev–Trinajstić information content (AvgIpc) is 2.63. The van der Waals surface area contributed by atoms with Crippen LogP contribution in [0.1, 0.15) is 34.6 Å². The van der Waals surface area contributed by atoms with Gasteiger partial charge in [0.05, 0.1) is 11.3 Å². The molecule has 0 aromatic rings. The van der Waals surface area contributed by atoms with Gasteiger partial charge in [-0.3, -0.25) is 9.59 Å². The number of carboxylic acid groups (broad SMARTS) is 1. The standard InChI is InChI=1S/C13H24N2O3/c1-8-6-14-7-9(8)10(16)15-13(4,5)12(2,3)11(17)18/h8-9,14H,6-7H2,1-5H3,(H,15,16)(H,17,18). The van der Waals surface area contributed by atoms with Crippen molar-refractivity contribution in [3.63, 3.8) is 0 Å². The molecule has 1 heterocycles. The lowest BCUT2D eigenvalue weighted by molar-refractivity contribution is -0.152. The smallest absolute Gasteiger partial charge is 0.311 e. The van der Waals surface area contributed by atoms with Crippen molar-refractivity contribution < 1.29 is 14.7 Å². The van der Waals surface area contributed by atoms with E-state index in [1.807, 2.05) is 6.92 Å². The van der Waals surface area contributed by atoms with Crippen molar-refractivity contribution in [1.29, 1.82) is 0 Å². The maximum atomic E-state index is 12.2. The van der Waals surface area contributed by atoms with Crippen LogP contribution in [-0.2, 0) is 9.59 Å². The molecule has 0 radical (unpaired) electrons. The first kappa shape index (κ1) is 15.0. The Morgan fingerprint density at radius 3 is 2.17 bits per heavy atom. The predicted molar refractivity (Wildman–Crippen MR) is 69.2 cm³/mol. The number of carbonyl (C=O) groups is 2. The SMILES string of the molecule is CC1CNCC1C(=O)NC(C)(C)C(C)(C)C(=O)O. The Balaban J connectivity index is 2.77. The highest BCUT2D eigenvalue weighted by Crippen LogP contribution is 2.31. The Morgan fingerprint density at radius 1 is 1.22 bits per heavy atom. The van der Waals surface area contributed by atoms with Gasteiger partial charge in [0.25, 0.3) is 0 Å². The number of carbonyl (C=O) groups excluding carboxylic acids is 1. The minimum Gasteiger partial charge on any atom is -0.481 e. The molecule has 0 aliphatic carbocycles. The van der Waals surface area contributed by atoms with Crippen LogP contribution >= 0.6 is 0 Å². The van der Waals surface area contributed by atoms with Gasteiger partial charge in [-0.05, 0) is 40.2 Å². The summed E-state index contributed by atoms with van der Waals surface area (Å²) < 4.78 is 0. The summed E-state index contributed by atoms with van der Waals surface area (Å²) in [4.78, 5) is 23.5. The summed E-state index contributed by atoms with van der Waals surface area (Å²) in [6.45, 7) is 10.3. The largest absolute Gasteiger partial charge is 0.481 e. The normalized spacial score (nSPS) is 24.9. The minimum absolute atomic E-state index is 0.0631. The lowest BCUT2D eigenvalue weighted by Crippen LogP contribution is -2.58. The van der Waals surface area contributed by atoms with E-state index < -0.39 is 16.9 Å². The van der Waals surface area contributed by atoms with Crippen molar-refractivity contribution in [3.05, 3.63) is 0 Å². The Hall–Kier alpha value is -1.10. The number of amides is 1. The second-order valence-corrected chi connectivity index (χ2v) is 6.29. The molecule has 1 aliphatic rings. The quantitative estimate of drug-likeness (QED) is 0.696. The third-order valence-corrected chi connectivity index (χ3v) is 4.39. The van der Waals surface area contributed by atoms with Crippen LogP contribution in [-0.4, -0.2) is 35.6 Å². The van der Waals surface area contributed by atoms with Crippen LogP contribution in [0.15, 0.2) is 0 Å². The highest BCUT2D eigenvalue weighted by atomic mass is 16.4. The fraction of sp³-hybridized carbons (Fsp3) is 0.846. The lowest BCUT2D eigenvalue weighted by Gasteiger charge is -2.39. The molecule has 2 unspecified atom stereocenters. The Morgan fingerprint density at radius 2 is 1.78 bits per heavy atom. The summed E-state index contributed by atoms with van der Waals surface area (Å²) in [7, 11) is 0. The highest BCUT2D eigenvalue weighted by Gasteiger charge is 2.45. The number of carboxylic acids is 1. The van der Waals surface area contributed by atoms with Gasteiger partial charge in [0.2, 0.25) is 5.91 Å². The maximum absolute atomic E-state index is 12.2. The summed E-state index contributed by atoms with van der Waals surface area (Å²) in [6, 6.07) is 0. The molecule has 104 valence electrons. The van der Waals surface area contributed by atoms with E-state index in [2.05, 4.69) is 10.6 Å². The van der Waals surface area contributed by atoms with E-state index in [0.29, 0.717) is 6.54 Å². The van der Waals surface area contributed by atoms with E-state index in [1.54, 1.807) is 27.7 Å². The molecule has 3 N–H and O–H groups in total. The van der Waals surface area contributed by atoms with Gasteiger partial charge in [0, 0.05) is 12.1 Å². The molecule has 0 spiro atoms. The van der Waals surface area contributed by atoms with Crippen molar-refractivity contribution in [3.8, 4) is 0 Å². The van der Waals surface area contributed by atoms with Gasteiger partial charge < -0.3 is 15.7 Å². The number of rotatable bonds is 4. The average molecular weight is 256 g/mol. The Bertz CT molecular complexity index is 350. The Kier molecular flexibility index (Phi) is 4.05. The molecule has 2 atom stereocenters. The summed E-state index contributed by atoms with van der Waals surface area (Å²) in [5.74, 6) is -0.764. The van der Waals surface area contributed by atoms with E-state index in [9.17, 15) is 14.7 Å². The third kappa shape index (κ3) is 2.66. The summed E-state index contributed by atoms with van der Waals surface area (Å²) in [6.07, 6.45) is 0. The van der Waals surface area contributed by atoms with Crippen molar-refractivity contribution in [2.45, 2.75) is 40.2 Å². The predicted octanol–water partition coefficient (Wildman–Crippen LogP) is 0.847. The third-order valence-electron chi connectivity index (χ3n) is 4.39. The molecule has 0 saturated carbocycles. The molecule has 5 nitrogen and oxygen atoms in total. The molecule has 1 rings (SSSR count). The van der Waals surface area contributed by atoms with Crippen LogP contribution in [0.2, 0.25) is 0 Å². The van der Waals surface area contributed by atoms with Crippen molar-refractivity contribution in [1.82, 2.24) is 10.6 Å². The van der Waals surface area contributed by atoms with Crippen LogP contribution < -0.4 is 10.6 Å². The topological polar surface area (TPSA) is 78.4 Å². The van der Waals surface area contributed by atoms with Crippen molar-refractivity contribution in [2.75, 3.05) is 13.1 Å². The van der Waals surface area contributed by atoms with Crippen molar-refractivity contribution >= 4 is 11.9 Å². The van der Waals surface area contributed by atoms with Crippen LogP contribution in [0.5, 0.6) is 0 Å². The van der Waals surface area contributed by atoms with Crippen LogP contribution in [0.25, 0.3) is 0 Å². The van der Waals surface area contributed by atoms with Gasteiger partial charge in [-0.2, -0.15) is 0 Å². The van der Waals surface area contributed by atoms with E-state index in [4.69, 9.17) is 0 Å². The Labute approximate surface area is 108 Å². The number of hydrogen-bond donors (Lipinski definition) is 3. The lowest BCUT2D eigenvalue weighted by atomic mass is 9.74. The van der Waals surface area contributed by atoms with Crippen LogP contribution in [0, 0.1) is 17.3 Å². The second-order valence-electron chi connectivity index (χ2n) is 6.29. The van der Waals surface area contributed by atoms with Gasteiger partial charge in [-0.15, -0.1) is 0 Å². The summed E-state index contributed by atoms with van der Waals surface area (Å²) in [5, 5.41) is 15.3. The van der Waals surface area contributed by atoms with Gasteiger partial charge in [-0.25, -0.2) is 0 Å². The minimum atomic E-state index is -1.02. The van der Waals surface area contributed by atoms with Gasteiger partial charge >= 0.3 is 5.97 Å². The highest BCUT2D eigenvalue weighted by molar-refractivity contribution is 5.82. The van der Waals surface area contributed by atoms with E-state index in [0.717, 1.165) is 6.54 Å². The molecule has 18 heavy (non-hydrogen) atoms. The summed E-state index contributed by atoms with van der Waals surface area (Å²) >= 11 is 0. The van der Waals surface area contributed by atoms with E-state index in [1.165, 1.54) is 0 Å². The van der Waals surface area contributed by atoms with Gasteiger partial charge in [0.1, 0.15) is 0 Å². The zero-order chi connectivity index (χ0) is 14.1. The fourth-order valence-electron chi connectivity index (χ4n) is 1.99. The maximum Gasteiger partial charge on any atom is 0.311 e. The first-order chi connectivity index (χ1) is 8.09. The molecule has 0 aromatic carbocycles. The van der Waals surface area contributed by atoms with Gasteiger partial charge in [-0.1, -0.05) is 6.92 Å². The zero-order valence-electron chi connectivity index (χ0n) is 11.8. The molecular weight excluding hydrogens is 232 g/mol. The zero-order valence-corrected chi connectivity index (χ0v) is 11.8. The monoisotopic (exact) mass is 256 g/mol. The number of nitrogens with one attached hydrogen (secondary N) is 2. The first-order valence-electron chi connectivity index (χ1n) is 6.35. The molecule has 1 amide bonds. The summed E-state index contributed by atoms with van der Waals surface area (Å²) in [5.41, 5.74) is -1.81. The molecule has 0 bridgehead atoms. The van der Waals surface area contributed by atoms with Crippen LogP contribution in [0.3, 0.4) is 0 Å². The molecule has 1 fully saturated rings. The molecule has 1 saturated heterocycles. The van der Waals surface area contributed by atoms with Crippen LogP contribution in [0.4, 0.5) is 0 Å². The molecule has 5 heteroatoms. The molecule has 0 aromatic heterocycles. The van der Waals surface area contributed by atoms with Crippen molar-refractivity contribution in [2.24, 2.45) is 17.3 Å². The number of hydrogen-bond acceptors (Lipinski definition) is 3. The second kappa shape index (κ2) is 4.88. The van der Waals surface area contributed by atoms with E-state index in [-0.39, 0.29) is 17.7 Å². The number of aliphatic carboxylic acids is 1. The van der Waals surface area contributed by atoms with E-state index >= 15 is 0 Å². The first-order valence-corrected chi connectivity index (χ1v) is 6.35. The fourth-order valence-corrected chi connectivity index (χ4v) is 1.99. The molecular formula is C13H24N2O3. The molecule has 1 aliphatic heterocycles. The van der Waals surface area contributed by atoms with Gasteiger partial charge in [0.15, 0.2) is 0 Å².